The fourth-order valence-corrected chi connectivity index (χ4v) is 13.1. The summed E-state index contributed by atoms with van der Waals surface area (Å²) >= 11 is 0. The van der Waals surface area contributed by atoms with Gasteiger partial charge >= 0.3 is 39.5 Å². The molecule has 0 aliphatic rings. The second-order valence-electron chi connectivity index (χ2n) is 28.6. The molecule has 0 spiro atoms. The Labute approximate surface area is 581 Å². The van der Waals surface area contributed by atoms with Gasteiger partial charge in [0, 0.05) is 25.7 Å². The molecule has 0 saturated carbocycles. The second kappa shape index (κ2) is 66.6. The molecule has 0 aromatic carbocycles. The minimum atomic E-state index is -4.96. The number of carbonyl (C=O) groups is 4. The third kappa shape index (κ3) is 69.0. The van der Waals surface area contributed by atoms with Gasteiger partial charge in [0.25, 0.3) is 0 Å². The zero-order valence-corrected chi connectivity index (χ0v) is 63.9. The van der Waals surface area contributed by atoms with Crippen molar-refractivity contribution in [3.63, 3.8) is 0 Å². The summed E-state index contributed by atoms with van der Waals surface area (Å²) in [5, 5.41) is 10.6. The van der Waals surface area contributed by atoms with E-state index in [1.165, 1.54) is 193 Å². The van der Waals surface area contributed by atoms with Gasteiger partial charge in [-0.05, 0) is 43.4 Å². The van der Waals surface area contributed by atoms with E-state index >= 15 is 0 Å². The van der Waals surface area contributed by atoms with Crippen molar-refractivity contribution in [1.29, 1.82) is 0 Å². The first-order valence-corrected chi connectivity index (χ1v) is 42.4. The van der Waals surface area contributed by atoms with Crippen LogP contribution >= 0.6 is 15.6 Å². The van der Waals surface area contributed by atoms with Crippen molar-refractivity contribution in [3.8, 4) is 0 Å². The molecule has 564 valence electrons. The quantitative estimate of drug-likeness (QED) is 0.0222. The van der Waals surface area contributed by atoms with Crippen molar-refractivity contribution in [2.24, 2.45) is 17.8 Å². The van der Waals surface area contributed by atoms with Gasteiger partial charge < -0.3 is 33.8 Å². The largest absolute Gasteiger partial charge is 0.472 e. The molecule has 19 heteroatoms. The van der Waals surface area contributed by atoms with Crippen LogP contribution in [0.3, 0.4) is 0 Å². The van der Waals surface area contributed by atoms with Crippen LogP contribution in [0.2, 0.25) is 0 Å². The Bertz CT molecular complexity index is 1850. The highest BCUT2D eigenvalue weighted by Gasteiger charge is 2.30. The van der Waals surface area contributed by atoms with Gasteiger partial charge in [-0.25, -0.2) is 9.13 Å². The Morgan fingerprint density at radius 1 is 0.305 bits per heavy atom. The number of ether oxygens (including phenoxy) is 4. The molecule has 6 atom stereocenters. The number of rotatable bonds is 74. The lowest BCUT2D eigenvalue weighted by atomic mass is 9.99. The molecule has 3 N–H and O–H groups in total. The maximum absolute atomic E-state index is 13.1. The van der Waals surface area contributed by atoms with Crippen LogP contribution in [-0.4, -0.2) is 96.7 Å². The zero-order valence-electron chi connectivity index (χ0n) is 62.1. The van der Waals surface area contributed by atoms with Crippen LogP contribution in [0.4, 0.5) is 0 Å². The van der Waals surface area contributed by atoms with E-state index < -0.39 is 97.5 Å². The van der Waals surface area contributed by atoms with E-state index in [2.05, 4.69) is 48.5 Å². The highest BCUT2D eigenvalue weighted by molar-refractivity contribution is 7.47. The SMILES string of the molecule is CCCCCCCC(=O)OC[C@H](COP(=O)(O)OC[C@H](O)COP(=O)(O)OC[C@@H](COC(=O)CCCCCCCCCCCCCCCCCC(C)C)OC(=O)CCCCCCCCCCCCCCCCCC(C)C)OC(=O)CCCCCCCCCCCCC(C)CC. The van der Waals surface area contributed by atoms with Crippen LogP contribution in [0.5, 0.6) is 0 Å². The van der Waals surface area contributed by atoms with E-state index in [1.807, 2.05) is 0 Å². The predicted molar refractivity (Wildman–Crippen MR) is 386 cm³/mol. The summed E-state index contributed by atoms with van der Waals surface area (Å²) in [6.45, 7) is 11.9. The molecule has 3 unspecified atom stereocenters. The molecule has 0 saturated heterocycles. The minimum absolute atomic E-state index is 0.105. The number of carbonyl (C=O) groups excluding carboxylic acids is 4. The lowest BCUT2D eigenvalue weighted by molar-refractivity contribution is -0.161. The molecular formula is C76H148O17P2. The average molecular weight is 1400 g/mol. The smallest absolute Gasteiger partial charge is 0.462 e. The first kappa shape index (κ1) is 93.1. The fourth-order valence-electron chi connectivity index (χ4n) is 11.6. The van der Waals surface area contributed by atoms with Crippen LogP contribution in [-0.2, 0) is 65.4 Å². The Morgan fingerprint density at radius 3 is 0.800 bits per heavy atom. The number of hydrogen-bond donors (Lipinski definition) is 3. The van der Waals surface area contributed by atoms with Crippen molar-refractivity contribution >= 4 is 39.5 Å². The highest BCUT2D eigenvalue weighted by Crippen LogP contribution is 2.45. The van der Waals surface area contributed by atoms with E-state index in [0.29, 0.717) is 25.7 Å². The average Bonchev–Trinajstić information content (AvgIpc) is 2.08. The Balaban J connectivity index is 5.15. The molecule has 0 aromatic heterocycles. The van der Waals surface area contributed by atoms with Gasteiger partial charge in [-0.15, -0.1) is 0 Å². The first-order chi connectivity index (χ1) is 45.8. The van der Waals surface area contributed by atoms with Gasteiger partial charge in [0.15, 0.2) is 12.2 Å². The number of unbranched alkanes of at least 4 members (excludes halogenated alkanes) is 41. The van der Waals surface area contributed by atoms with Crippen LogP contribution in [0.25, 0.3) is 0 Å². The molecule has 0 aliphatic heterocycles. The van der Waals surface area contributed by atoms with Gasteiger partial charge in [0.2, 0.25) is 0 Å². The predicted octanol–water partition coefficient (Wildman–Crippen LogP) is 22.2. The molecule has 95 heavy (non-hydrogen) atoms. The molecular weight excluding hydrogens is 1250 g/mol. The van der Waals surface area contributed by atoms with Crippen LogP contribution in [0.1, 0.15) is 389 Å². The second-order valence-corrected chi connectivity index (χ2v) is 31.5. The van der Waals surface area contributed by atoms with Crippen molar-refractivity contribution in [2.45, 2.75) is 407 Å². The summed E-state index contributed by atoms with van der Waals surface area (Å²) in [6.07, 6.45) is 53.1. The Hall–Kier alpha value is -1.94. The highest BCUT2D eigenvalue weighted by atomic mass is 31.2. The summed E-state index contributed by atoms with van der Waals surface area (Å²) in [5.74, 6) is 0.284. The van der Waals surface area contributed by atoms with E-state index in [9.17, 15) is 43.2 Å². The first-order valence-electron chi connectivity index (χ1n) is 39.4. The maximum atomic E-state index is 13.1. The molecule has 0 fully saturated rings. The third-order valence-corrected chi connectivity index (χ3v) is 19.9. The van der Waals surface area contributed by atoms with Gasteiger partial charge in [0.1, 0.15) is 19.3 Å². The zero-order chi connectivity index (χ0) is 70.1. The number of phosphoric ester groups is 2. The Kier molecular flexibility index (Phi) is 65.2. The molecule has 0 aliphatic carbocycles. The topological polar surface area (TPSA) is 237 Å². The van der Waals surface area contributed by atoms with E-state index in [-0.39, 0.29) is 25.7 Å². The Morgan fingerprint density at radius 2 is 0.537 bits per heavy atom. The number of esters is 4. The van der Waals surface area contributed by atoms with Crippen molar-refractivity contribution < 1.29 is 80.2 Å². The van der Waals surface area contributed by atoms with Crippen LogP contribution in [0.15, 0.2) is 0 Å². The van der Waals surface area contributed by atoms with Gasteiger partial charge in [-0.2, -0.15) is 0 Å². The van der Waals surface area contributed by atoms with E-state index in [4.69, 9.17) is 37.0 Å². The monoisotopic (exact) mass is 1400 g/mol. The van der Waals surface area contributed by atoms with Crippen molar-refractivity contribution in [1.82, 2.24) is 0 Å². The molecule has 0 aromatic rings. The molecule has 0 heterocycles. The number of aliphatic hydroxyl groups is 1. The number of aliphatic hydroxyl groups excluding tert-OH is 1. The summed E-state index contributed by atoms with van der Waals surface area (Å²) in [5.41, 5.74) is 0. The standard InChI is InChI=1S/C76H148O17P2/c1-8-10-11-40-50-57-73(78)86-63-71(92-75(80)60-53-46-39-33-27-26-30-36-43-49-56-69(7)9-2)65-90-94(82,83)88-61-70(77)62-89-95(84,85)91-66-72(93-76(81)59-52-45-38-32-25-21-17-13-15-19-23-29-35-42-48-55-68(5)6)64-87-74(79)58-51-44-37-31-24-20-16-12-14-18-22-28-34-41-47-54-67(3)4/h67-72,77H,8-66H2,1-7H3,(H,82,83)(H,84,85)/t69?,70-,71+,72+/m0/s1. The maximum Gasteiger partial charge on any atom is 0.472 e. The lowest BCUT2D eigenvalue weighted by Crippen LogP contribution is -2.30. The van der Waals surface area contributed by atoms with Gasteiger partial charge in [-0.1, -0.05) is 337 Å². The molecule has 0 radical (unpaired) electrons. The van der Waals surface area contributed by atoms with Gasteiger partial charge in [0.05, 0.1) is 26.4 Å². The molecule has 0 bridgehead atoms. The minimum Gasteiger partial charge on any atom is -0.462 e. The summed E-state index contributed by atoms with van der Waals surface area (Å²) in [7, 11) is -9.90. The molecule has 0 amide bonds. The number of hydrogen-bond acceptors (Lipinski definition) is 15. The van der Waals surface area contributed by atoms with Crippen LogP contribution < -0.4 is 0 Å². The van der Waals surface area contributed by atoms with Crippen LogP contribution in [0, 0.1) is 17.8 Å². The molecule has 17 nitrogen and oxygen atoms in total. The van der Waals surface area contributed by atoms with E-state index in [0.717, 1.165) is 114 Å². The van der Waals surface area contributed by atoms with E-state index in [1.54, 1.807) is 0 Å². The number of phosphoric acid groups is 2. The summed E-state index contributed by atoms with van der Waals surface area (Å²) < 4.78 is 68.3. The van der Waals surface area contributed by atoms with Gasteiger partial charge in [-0.3, -0.25) is 37.3 Å². The fraction of sp³-hybridized carbons (Fsp3) is 0.947. The summed E-state index contributed by atoms with van der Waals surface area (Å²) in [4.78, 5) is 72.5. The van der Waals surface area contributed by atoms with Crippen molar-refractivity contribution in [3.05, 3.63) is 0 Å². The normalized spacial score (nSPS) is 14.4. The summed E-state index contributed by atoms with van der Waals surface area (Å²) in [6, 6.07) is 0. The van der Waals surface area contributed by atoms with Crippen molar-refractivity contribution in [2.75, 3.05) is 39.6 Å². The lowest BCUT2D eigenvalue weighted by Gasteiger charge is -2.21. The molecule has 0 rings (SSSR count). The third-order valence-electron chi connectivity index (χ3n) is 18.0.